The van der Waals surface area contributed by atoms with Crippen molar-refractivity contribution >= 4 is 37.4 Å². The van der Waals surface area contributed by atoms with Gasteiger partial charge in [0.25, 0.3) is 0 Å². The van der Waals surface area contributed by atoms with Crippen molar-refractivity contribution in [2.45, 2.75) is 38.7 Å². The molecule has 3 aromatic carbocycles. The maximum Gasteiger partial charge on any atom is 0.137 e. The maximum atomic E-state index is 6.33. The predicted octanol–water partition coefficient (Wildman–Crippen LogP) is 7.71. The largest absolute Gasteiger partial charge is 0.487 e. The SMILES string of the molecule is Brc1cc(Cc2cc3ccccc3s2)c2c(c1OCc1ccccc1)CCCC2. The molecule has 0 unspecified atom stereocenters. The molecule has 0 saturated heterocycles. The normalized spacial score (nSPS) is 13.4. The zero-order valence-electron chi connectivity index (χ0n) is 16.3. The number of rotatable bonds is 5. The number of thiophene rings is 1. The molecule has 1 heterocycles. The molecule has 1 aliphatic carbocycles. The fraction of sp³-hybridized carbons (Fsp3) is 0.231. The topological polar surface area (TPSA) is 9.23 Å². The van der Waals surface area contributed by atoms with E-state index in [-0.39, 0.29) is 0 Å². The third kappa shape index (κ3) is 3.99. The molecule has 4 aromatic rings. The molecular formula is C26H23BrOS. The molecule has 5 rings (SSSR count). The van der Waals surface area contributed by atoms with Crippen LogP contribution in [0.1, 0.15) is 40.0 Å². The lowest BCUT2D eigenvalue weighted by Crippen LogP contribution is -2.10. The lowest BCUT2D eigenvalue weighted by atomic mass is 9.86. The Morgan fingerprint density at radius 3 is 2.45 bits per heavy atom. The molecule has 0 saturated carbocycles. The molecule has 1 nitrogen and oxygen atoms in total. The van der Waals surface area contributed by atoms with Crippen LogP contribution in [0.25, 0.3) is 10.1 Å². The van der Waals surface area contributed by atoms with E-state index in [1.807, 2.05) is 17.4 Å². The molecule has 1 aliphatic rings. The third-order valence-electron chi connectivity index (χ3n) is 5.71. The molecule has 0 bridgehead atoms. The van der Waals surface area contributed by atoms with Gasteiger partial charge in [-0.2, -0.15) is 0 Å². The van der Waals surface area contributed by atoms with E-state index in [0.717, 1.165) is 29.5 Å². The van der Waals surface area contributed by atoms with Gasteiger partial charge in [0.15, 0.2) is 0 Å². The third-order valence-corrected chi connectivity index (χ3v) is 7.42. The summed E-state index contributed by atoms with van der Waals surface area (Å²) in [7, 11) is 0. The van der Waals surface area contributed by atoms with Gasteiger partial charge in [0.2, 0.25) is 0 Å². The molecule has 0 radical (unpaired) electrons. The van der Waals surface area contributed by atoms with Crippen molar-refractivity contribution in [1.29, 1.82) is 0 Å². The Labute approximate surface area is 184 Å². The second-order valence-electron chi connectivity index (χ2n) is 7.71. The van der Waals surface area contributed by atoms with Crippen LogP contribution in [0.5, 0.6) is 5.75 Å². The summed E-state index contributed by atoms with van der Waals surface area (Å²) in [6.07, 6.45) is 5.78. The molecule has 146 valence electrons. The Balaban J connectivity index is 1.47. The van der Waals surface area contributed by atoms with Gasteiger partial charge in [-0.05, 0) is 87.5 Å². The maximum absolute atomic E-state index is 6.33. The minimum Gasteiger partial charge on any atom is -0.487 e. The number of hydrogen-bond acceptors (Lipinski definition) is 2. The first-order valence-electron chi connectivity index (χ1n) is 10.3. The average molecular weight is 463 g/mol. The summed E-state index contributed by atoms with van der Waals surface area (Å²) in [5.41, 5.74) is 5.58. The van der Waals surface area contributed by atoms with Crippen molar-refractivity contribution in [2.24, 2.45) is 0 Å². The lowest BCUT2D eigenvalue weighted by Gasteiger charge is -2.24. The van der Waals surface area contributed by atoms with Crippen LogP contribution in [-0.4, -0.2) is 0 Å². The fourth-order valence-corrected chi connectivity index (χ4v) is 6.03. The molecule has 29 heavy (non-hydrogen) atoms. The summed E-state index contributed by atoms with van der Waals surface area (Å²) in [5, 5.41) is 1.35. The lowest BCUT2D eigenvalue weighted by molar-refractivity contribution is 0.299. The summed E-state index contributed by atoms with van der Waals surface area (Å²) in [6, 6.07) is 23.7. The molecule has 0 aliphatic heterocycles. The Kier molecular flexibility index (Phi) is 5.43. The monoisotopic (exact) mass is 462 g/mol. The molecule has 3 heteroatoms. The quantitative estimate of drug-likeness (QED) is 0.295. The van der Waals surface area contributed by atoms with Crippen molar-refractivity contribution in [1.82, 2.24) is 0 Å². The summed E-state index contributed by atoms with van der Waals surface area (Å²) >= 11 is 5.74. The highest BCUT2D eigenvalue weighted by molar-refractivity contribution is 9.10. The van der Waals surface area contributed by atoms with Gasteiger partial charge >= 0.3 is 0 Å². The van der Waals surface area contributed by atoms with Gasteiger partial charge in [-0.15, -0.1) is 11.3 Å². The van der Waals surface area contributed by atoms with Crippen LogP contribution in [0.15, 0.2) is 71.2 Å². The van der Waals surface area contributed by atoms with Crippen molar-refractivity contribution in [3.05, 3.63) is 98.3 Å². The number of ether oxygens (including phenoxy) is 1. The Bertz CT molecular complexity index is 1110. The standard InChI is InChI=1S/C26H23BrOS/c27-24-16-20(15-21-14-19-10-4-7-13-25(19)29-21)22-11-5-6-12-23(22)26(24)28-17-18-8-2-1-3-9-18/h1-4,7-10,13-14,16H,5-6,11-12,15,17H2. The van der Waals surface area contributed by atoms with E-state index < -0.39 is 0 Å². The van der Waals surface area contributed by atoms with E-state index in [1.54, 1.807) is 0 Å². The van der Waals surface area contributed by atoms with Crippen LogP contribution >= 0.6 is 27.3 Å². The van der Waals surface area contributed by atoms with Gasteiger partial charge < -0.3 is 4.74 Å². The van der Waals surface area contributed by atoms with Gasteiger partial charge in [-0.25, -0.2) is 0 Å². The molecule has 1 aromatic heterocycles. The van der Waals surface area contributed by atoms with Crippen LogP contribution in [0.4, 0.5) is 0 Å². The van der Waals surface area contributed by atoms with Gasteiger partial charge in [-0.1, -0.05) is 48.5 Å². The highest BCUT2D eigenvalue weighted by atomic mass is 79.9. The predicted molar refractivity (Wildman–Crippen MR) is 126 cm³/mol. The zero-order chi connectivity index (χ0) is 19.6. The Morgan fingerprint density at radius 1 is 0.862 bits per heavy atom. The first-order chi connectivity index (χ1) is 14.3. The van der Waals surface area contributed by atoms with E-state index in [0.29, 0.717) is 6.61 Å². The van der Waals surface area contributed by atoms with E-state index in [1.165, 1.54) is 50.1 Å². The Morgan fingerprint density at radius 2 is 1.62 bits per heavy atom. The van der Waals surface area contributed by atoms with E-state index in [2.05, 4.69) is 76.6 Å². The van der Waals surface area contributed by atoms with Gasteiger partial charge in [-0.3, -0.25) is 0 Å². The van der Waals surface area contributed by atoms with Crippen molar-refractivity contribution in [3.63, 3.8) is 0 Å². The van der Waals surface area contributed by atoms with E-state index >= 15 is 0 Å². The molecule has 0 fully saturated rings. The minimum absolute atomic E-state index is 0.613. The van der Waals surface area contributed by atoms with E-state index in [9.17, 15) is 0 Å². The summed E-state index contributed by atoms with van der Waals surface area (Å²) in [5.74, 6) is 1.05. The van der Waals surface area contributed by atoms with Crippen molar-refractivity contribution in [3.8, 4) is 5.75 Å². The van der Waals surface area contributed by atoms with Crippen LogP contribution in [0, 0.1) is 0 Å². The summed E-state index contributed by atoms with van der Waals surface area (Å²) in [6.45, 7) is 0.613. The second kappa shape index (κ2) is 8.33. The fourth-order valence-electron chi connectivity index (χ4n) is 4.32. The highest BCUT2D eigenvalue weighted by Gasteiger charge is 2.21. The molecule has 0 N–H and O–H groups in total. The molecule has 0 atom stereocenters. The number of benzene rings is 3. The van der Waals surface area contributed by atoms with E-state index in [4.69, 9.17) is 4.74 Å². The molecule has 0 spiro atoms. The van der Waals surface area contributed by atoms with Gasteiger partial charge in [0.05, 0.1) is 4.47 Å². The van der Waals surface area contributed by atoms with Crippen LogP contribution < -0.4 is 4.74 Å². The number of hydrogen-bond donors (Lipinski definition) is 0. The van der Waals surface area contributed by atoms with Gasteiger partial charge in [0.1, 0.15) is 12.4 Å². The number of fused-ring (bicyclic) bond motifs is 2. The smallest absolute Gasteiger partial charge is 0.137 e. The van der Waals surface area contributed by atoms with Crippen LogP contribution in [0.2, 0.25) is 0 Å². The van der Waals surface area contributed by atoms with Crippen LogP contribution in [-0.2, 0) is 25.9 Å². The van der Waals surface area contributed by atoms with Gasteiger partial charge in [0, 0.05) is 16.0 Å². The van der Waals surface area contributed by atoms with Crippen molar-refractivity contribution in [2.75, 3.05) is 0 Å². The van der Waals surface area contributed by atoms with Crippen molar-refractivity contribution < 1.29 is 4.74 Å². The first kappa shape index (κ1) is 18.9. The highest BCUT2D eigenvalue weighted by Crippen LogP contribution is 2.40. The summed E-state index contributed by atoms with van der Waals surface area (Å²) < 4.78 is 8.79. The Hall–Kier alpha value is -2.10. The number of halogens is 1. The van der Waals surface area contributed by atoms with Crippen LogP contribution in [0.3, 0.4) is 0 Å². The second-order valence-corrected chi connectivity index (χ2v) is 9.74. The first-order valence-corrected chi connectivity index (χ1v) is 11.9. The molecular weight excluding hydrogens is 440 g/mol. The zero-order valence-corrected chi connectivity index (χ0v) is 18.7. The average Bonchev–Trinajstić information content (AvgIpc) is 3.16. The minimum atomic E-state index is 0.613. The molecule has 0 amide bonds. The summed E-state index contributed by atoms with van der Waals surface area (Å²) in [4.78, 5) is 1.43.